The maximum absolute atomic E-state index is 13.4. The first kappa shape index (κ1) is 35.5. The van der Waals surface area contributed by atoms with Crippen LogP contribution in [0.3, 0.4) is 0 Å². The van der Waals surface area contributed by atoms with Gasteiger partial charge in [0, 0.05) is 16.4 Å². The summed E-state index contributed by atoms with van der Waals surface area (Å²) in [5, 5.41) is 25.3. The number of aliphatic carboxylic acids is 1. The molecule has 1 aliphatic heterocycles. The molecule has 0 radical (unpaired) electrons. The van der Waals surface area contributed by atoms with Crippen molar-refractivity contribution >= 4 is 5.97 Å². The Labute approximate surface area is 288 Å². The van der Waals surface area contributed by atoms with Gasteiger partial charge in [0.15, 0.2) is 0 Å². The molecule has 1 aromatic heterocycles. The molecule has 3 saturated carbocycles. The Morgan fingerprint density at radius 2 is 1.88 bits per heavy atom. The van der Waals surface area contributed by atoms with E-state index in [0.29, 0.717) is 37.6 Å². The van der Waals surface area contributed by atoms with Crippen LogP contribution < -0.4 is 5.73 Å². The highest BCUT2D eigenvalue weighted by Gasteiger charge is 2.72. The fraction of sp³-hybridized carbons (Fsp3) is 0.846. The molecule has 9 nitrogen and oxygen atoms in total. The van der Waals surface area contributed by atoms with E-state index in [0.717, 1.165) is 38.5 Å². The van der Waals surface area contributed by atoms with Crippen LogP contribution >= 0.6 is 0 Å². The summed E-state index contributed by atoms with van der Waals surface area (Å²) in [6.07, 6.45) is 9.51. The van der Waals surface area contributed by atoms with Gasteiger partial charge in [-0.25, -0.2) is 9.67 Å². The fourth-order valence-electron chi connectivity index (χ4n) is 12.1. The van der Waals surface area contributed by atoms with Gasteiger partial charge in [0.05, 0.1) is 37.9 Å². The largest absolute Gasteiger partial charge is 0.481 e. The van der Waals surface area contributed by atoms with Gasteiger partial charge in [0.1, 0.15) is 12.4 Å². The standard InChI is InChI=1S/C39H61N5O4/c1-23(2)25(5)34(6)15-16-36(8)26-11-12-29-35(7)19-47-21-39(29,27(26)13-14-37(36,9)31(34)33(45)46)17-28(44-22-42-30(18-40)43-44)32(35)48-20-38(10,41)24(3)4/h13,22-26,28-29,31-32H,11-12,14-17,19-21,41H2,1-10H3,(H,45,46)/t25-,26+,28-,29+,31-,32+,34-,35+,36-,37+,38+,39+/m1/s1. The summed E-state index contributed by atoms with van der Waals surface area (Å²) in [7, 11) is 0. The van der Waals surface area contributed by atoms with Crippen molar-refractivity contribution in [2.75, 3.05) is 19.8 Å². The minimum Gasteiger partial charge on any atom is -0.481 e. The van der Waals surface area contributed by atoms with Gasteiger partial charge in [0.25, 0.3) is 5.82 Å². The Morgan fingerprint density at radius 3 is 2.48 bits per heavy atom. The van der Waals surface area contributed by atoms with E-state index in [2.05, 4.69) is 91.5 Å². The third kappa shape index (κ3) is 4.82. The van der Waals surface area contributed by atoms with Crippen LogP contribution in [0.2, 0.25) is 0 Å². The minimum absolute atomic E-state index is 0.151. The molecular formula is C39H61N5O4. The van der Waals surface area contributed by atoms with Crippen molar-refractivity contribution in [1.82, 2.24) is 14.8 Å². The molecule has 48 heavy (non-hydrogen) atoms. The smallest absolute Gasteiger partial charge is 0.307 e. The lowest BCUT2D eigenvalue weighted by Crippen LogP contribution is -2.69. The van der Waals surface area contributed by atoms with Crippen molar-refractivity contribution in [3.63, 3.8) is 0 Å². The molecule has 5 aliphatic rings. The number of fused-ring (bicyclic) bond motifs is 3. The first-order valence-corrected chi connectivity index (χ1v) is 18.6. The number of nitrogens with zero attached hydrogens (tertiary/aromatic N) is 4. The molecule has 3 N–H and O–H groups in total. The molecule has 0 amide bonds. The number of carbonyl (C=O) groups is 1. The molecule has 0 aromatic carbocycles. The summed E-state index contributed by atoms with van der Waals surface area (Å²) < 4.78 is 15.5. The molecule has 12 atom stereocenters. The molecule has 4 fully saturated rings. The third-order valence-corrected chi connectivity index (χ3v) is 15.9. The average molecular weight is 664 g/mol. The Kier molecular flexibility index (Phi) is 8.61. The first-order valence-electron chi connectivity index (χ1n) is 18.6. The second kappa shape index (κ2) is 11.6. The SMILES string of the molecule is CC(C)[C@@H](C)[C@@]1(C)CC[C@]2(C)[C@H]3CC[C@@H]4[C@@]5(COC[C@]4(C)[C@@H](OC[C@](C)(N)C(C)C)[C@H](n4cnc(C#N)n4)C5)C3=CC[C@@]2(C)[C@@H]1C(=O)O. The second-order valence-corrected chi connectivity index (χ2v) is 18.7. The van der Waals surface area contributed by atoms with E-state index >= 15 is 0 Å². The Morgan fingerprint density at radius 1 is 1.17 bits per heavy atom. The van der Waals surface area contributed by atoms with Crippen molar-refractivity contribution in [1.29, 1.82) is 5.26 Å². The number of carboxylic acids is 1. The highest BCUT2D eigenvalue weighted by Crippen LogP contribution is 2.75. The Hall–Kier alpha value is -2.28. The van der Waals surface area contributed by atoms with Gasteiger partial charge in [-0.1, -0.05) is 74.0 Å². The van der Waals surface area contributed by atoms with E-state index in [4.69, 9.17) is 15.2 Å². The highest BCUT2D eigenvalue weighted by molar-refractivity contribution is 5.73. The lowest BCUT2D eigenvalue weighted by atomic mass is 9.34. The topological polar surface area (TPSA) is 136 Å². The molecule has 4 aliphatic carbocycles. The number of hydrogen-bond donors (Lipinski definition) is 2. The Balaban J connectivity index is 1.45. The maximum Gasteiger partial charge on any atom is 0.307 e. The van der Waals surface area contributed by atoms with E-state index in [1.807, 2.05) is 4.68 Å². The molecule has 0 unspecified atom stereocenters. The number of allylic oxidation sites excluding steroid dienone is 1. The lowest BCUT2D eigenvalue weighted by Gasteiger charge is -2.71. The lowest BCUT2D eigenvalue weighted by molar-refractivity contribution is -0.252. The van der Waals surface area contributed by atoms with E-state index < -0.39 is 17.4 Å². The molecule has 0 spiro atoms. The minimum atomic E-state index is -0.638. The van der Waals surface area contributed by atoms with E-state index in [1.165, 1.54) is 5.57 Å². The molecule has 6 rings (SSSR count). The van der Waals surface area contributed by atoms with Crippen LogP contribution in [0, 0.1) is 73.9 Å². The van der Waals surface area contributed by atoms with Gasteiger partial charge in [-0.15, -0.1) is 5.10 Å². The van der Waals surface area contributed by atoms with Crippen LogP contribution in [0.4, 0.5) is 0 Å². The van der Waals surface area contributed by atoms with Crippen LogP contribution in [0.15, 0.2) is 18.0 Å². The predicted octanol–water partition coefficient (Wildman–Crippen LogP) is 7.04. The molecular weight excluding hydrogens is 602 g/mol. The van der Waals surface area contributed by atoms with Crippen LogP contribution in [-0.2, 0) is 14.3 Å². The second-order valence-electron chi connectivity index (χ2n) is 18.7. The van der Waals surface area contributed by atoms with E-state index in [-0.39, 0.29) is 56.9 Å². The number of rotatable bonds is 8. The molecule has 1 aromatic rings. The van der Waals surface area contributed by atoms with Gasteiger partial charge in [0.2, 0.25) is 0 Å². The normalized spacial score (nSPS) is 44.1. The van der Waals surface area contributed by atoms with Crippen molar-refractivity contribution in [3.8, 4) is 6.07 Å². The number of aromatic nitrogens is 3. The fourth-order valence-corrected chi connectivity index (χ4v) is 12.1. The summed E-state index contributed by atoms with van der Waals surface area (Å²) in [4.78, 5) is 17.8. The molecule has 266 valence electrons. The summed E-state index contributed by atoms with van der Waals surface area (Å²) in [5.41, 5.74) is 6.37. The Bertz CT molecular complexity index is 1490. The summed E-state index contributed by atoms with van der Waals surface area (Å²) in [6, 6.07) is 1.97. The maximum atomic E-state index is 13.4. The van der Waals surface area contributed by atoms with Gasteiger partial charge in [-0.2, -0.15) is 5.26 Å². The number of ether oxygens (including phenoxy) is 2. The van der Waals surface area contributed by atoms with Crippen molar-refractivity contribution in [2.45, 2.75) is 125 Å². The van der Waals surface area contributed by atoms with Crippen LogP contribution in [-0.4, -0.2) is 57.3 Å². The zero-order valence-corrected chi connectivity index (χ0v) is 31.2. The zero-order valence-electron chi connectivity index (χ0n) is 31.2. The molecule has 2 heterocycles. The first-order chi connectivity index (χ1) is 22.3. The van der Waals surface area contributed by atoms with Crippen molar-refractivity contribution < 1.29 is 19.4 Å². The third-order valence-electron chi connectivity index (χ3n) is 15.9. The van der Waals surface area contributed by atoms with E-state index in [9.17, 15) is 15.2 Å². The number of nitrogens with two attached hydrogens (primary N) is 1. The predicted molar refractivity (Wildman–Crippen MR) is 185 cm³/mol. The number of carboxylic acid groups (broad SMARTS) is 1. The van der Waals surface area contributed by atoms with Crippen molar-refractivity contribution in [3.05, 3.63) is 23.8 Å². The molecule has 2 bridgehead atoms. The number of hydrogen-bond acceptors (Lipinski definition) is 7. The van der Waals surface area contributed by atoms with E-state index in [1.54, 1.807) is 6.33 Å². The van der Waals surface area contributed by atoms with Gasteiger partial charge in [-0.05, 0) is 91.3 Å². The van der Waals surface area contributed by atoms with Crippen molar-refractivity contribution in [2.24, 2.45) is 68.3 Å². The molecule has 9 heteroatoms. The van der Waals surface area contributed by atoms with Gasteiger partial charge < -0.3 is 20.3 Å². The monoisotopic (exact) mass is 663 g/mol. The summed E-state index contributed by atoms with van der Waals surface area (Å²) in [5.74, 6) is 0.656. The average Bonchev–Trinajstić information content (AvgIpc) is 3.49. The highest BCUT2D eigenvalue weighted by atomic mass is 16.5. The summed E-state index contributed by atoms with van der Waals surface area (Å²) >= 11 is 0. The van der Waals surface area contributed by atoms with Crippen LogP contribution in [0.5, 0.6) is 0 Å². The van der Waals surface area contributed by atoms with Gasteiger partial charge in [-0.3, -0.25) is 4.79 Å². The van der Waals surface area contributed by atoms with Crippen LogP contribution in [0.1, 0.15) is 120 Å². The quantitative estimate of drug-likeness (QED) is 0.283. The molecule has 1 saturated heterocycles. The zero-order chi connectivity index (χ0) is 35.2. The summed E-state index contributed by atoms with van der Waals surface area (Å²) in [6.45, 7) is 24.0. The van der Waals surface area contributed by atoms with Crippen LogP contribution in [0.25, 0.3) is 0 Å². The number of nitriles is 1. The van der Waals surface area contributed by atoms with Gasteiger partial charge >= 0.3 is 5.97 Å².